The normalized spacial score (nSPS) is 11.4. The summed E-state index contributed by atoms with van der Waals surface area (Å²) >= 11 is 0. The van der Waals surface area contributed by atoms with Gasteiger partial charge in [0.05, 0.1) is 0 Å². The molecule has 0 aliphatic heterocycles. The average molecular weight is 298 g/mol. The van der Waals surface area contributed by atoms with Gasteiger partial charge in [0.15, 0.2) is 11.6 Å². The molecule has 0 heterocycles. The van der Waals surface area contributed by atoms with Crippen LogP contribution in [0, 0.1) is 11.6 Å². The molecule has 116 valence electrons. The molecule has 0 aliphatic carbocycles. The van der Waals surface area contributed by atoms with Crippen LogP contribution in [0.1, 0.15) is 38.8 Å². The number of hydrogen-bond acceptors (Lipinski definition) is 3. The molecule has 0 bridgehead atoms. The lowest BCUT2D eigenvalue weighted by molar-refractivity contribution is 0.105. The van der Waals surface area contributed by atoms with Gasteiger partial charge in [0.2, 0.25) is 5.82 Å². The Bertz CT molecular complexity index is 551. The van der Waals surface area contributed by atoms with Crippen LogP contribution >= 0.6 is 0 Å². The Kier molecular flexibility index (Phi) is 6.34. The number of benzene rings is 1. The second-order valence-electron chi connectivity index (χ2n) is 4.63. The molecule has 0 spiro atoms. The van der Waals surface area contributed by atoms with Gasteiger partial charge < -0.3 is 9.47 Å². The predicted octanol–water partition coefficient (Wildman–Crippen LogP) is 4.57. The Balaban J connectivity index is 2.97. The standard InChI is InChI=1S/C16H20F2O3/c1-5-10(4)9-20-16(19)21-15-12(7-3)8-11(6-2)13(17)14(15)18/h5,8H,6-7,9H2,1-4H3. The molecular weight excluding hydrogens is 278 g/mol. The average Bonchev–Trinajstić information content (AvgIpc) is 2.49. The van der Waals surface area contributed by atoms with E-state index in [0.717, 1.165) is 5.57 Å². The molecular formula is C16H20F2O3. The summed E-state index contributed by atoms with van der Waals surface area (Å²) < 4.78 is 37.5. The van der Waals surface area contributed by atoms with Gasteiger partial charge in [0.25, 0.3) is 0 Å². The molecule has 0 amide bonds. The number of allylic oxidation sites excluding steroid dienone is 1. The van der Waals surface area contributed by atoms with Gasteiger partial charge in [-0.15, -0.1) is 0 Å². The van der Waals surface area contributed by atoms with Gasteiger partial charge >= 0.3 is 6.16 Å². The van der Waals surface area contributed by atoms with E-state index in [0.29, 0.717) is 18.4 Å². The Morgan fingerprint density at radius 2 is 1.81 bits per heavy atom. The minimum atomic E-state index is -1.15. The zero-order valence-corrected chi connectivity index (χ0v) is 12.8. The second kappa shape index (κ2) is 7.76. The third-order valence-electron chi connectivity index (χ3n) is 3.17. The van der Waals surface area contributed by atoms with Gasteiger partial charge in [-0.1, -0.05) is 19.9 Å². The molecule has 1 aromatic carbocycles. The van der Waals surface area contributed by atoms with Crippen molar-refractivity contribution in [2.24, 2.45) is 0 Å². The molecule has 0 radical (unpaired) electrons. The quantitative estimate of drug-likeness (QED) is 0.454. The van der Waals surface area contributed by atoms with Crippen molar-refractivity contribution in [3.8, 4) is 5.75 Å². The first kappa shape index (κ1) is 17.1. The number of carbonyl (C=O) groups excluding carboxylic acids is 1. The lowest BCUT2D eigenvalue weighted by Crippen LogP contribution is -2.15. The van der Waals surface area contributed by atoms with E-state index in [1.807, 2.05) is 0 Å². The topological polar surface area (TPSA) is 35.5 Å². The maximum Gasteiger partial charge on any atom is 0.514 e. The molecule has 1 aromatic rings. The van der Waals surface area contributed by atoms with Crippen molar-refractivity contribution in [3.63, 3.8) is 0 Å². The van der Waals surface area contributed by atoms with Gasteiger partial charge in [0.1, 0.15) is 6.61 Å². The minimum absolute atomic E-state index is 0.0495. The summed E-state index contributed by atoms with van der Waals surface area (Å²) in [6, 6.07) is 1.51. The fourth-order valence-electron chi connectivity index (χ4n) is 1.72. The zero-order chi connectivity index (χ0) is 16.0. The van der Waals surface area contributed by atoms with Crippen LogP contribution in [0.3, 0.4) is 0 Å². The third-order valence-corrected chi connectivity index (χ3v) is 3.17. The van der Waals surface area contributed by atoms with Crippen molar-refractivity contribution in [1.29, 1.82) is 0 Å². The van der Waals surface area contributed by atoms with Crippen LogP contribution in [0.4, 0.5) is 13.6 Å². The van der Waals surface area contributed by atoms with Gasteiger partial charge in [-0.25, -0.2) is 9.18 Å². The van der Waals surface area contributed by atoms with Crippen LogP contribution in [0.25, 0.3) is 0 Å². The number of aryl methyl sites for hydroxylation is 2. The number of halogens is 2. The molecule has 3 nitrogen and oxygen atoms in total. The highest BCUT2D eigenvalue weighted by Crippen LogP contribution is 2.29. The Morgan fingerprint density at radius 3 is 2.33 bits per heavy atom. The largest absolute Gasteiger partial charge is 0.514 e. The van der Waals surface area contributed by atoms with Crippen molar-refractivity contribution in [2.45, 2.75) is 40.5 Å². The van der Waals surface area contributed by atoms with Crippen LogP contribution in [-0.4, -0.2) is 12.8 Å². The summed E-state index contributed by atoms with van der Waals surface area (Å²) in [5, 5.41) is 0. The van der Waals surface area contributed by atoms with Gasteiger partial charge in [0, 0.05) is 0 Å². The summed E-state index contributed by atoms with van der Waals surface area (Å²) in [4.78, 5) is 11.6. The van der Waals surface area contributed by atoms with Gasteiger partial charge in [-0.3, -0.25) is 0 Å². The molecule has 0 fully saturated rings. The van der Waals surface area contributed by atoms with Crippen LogP contribution < -0.4 is 4.74 Å². The van der Waals surface area contributed by atoms with Crippen LogP contribution in [0.15, 0.2) is 17.7 Å². The zero-order valence-electron chi connectivity index (χ0n) is 12.8. The molecule has 5 heteroatoms. The fraction of sp³-hybridized carbons (Fsp3) is 0.438. The Labute approximate surface area is 123 Å². The van der Waals surface area contributed by atoms with E-state index >= 15 is 0 Å². The Hall–Kier alpha value is -1.91. The van der Waals surface area contributed by atoms with E-state index in [4.69, 9.17) is 9.47 Å². The van der Waals surface area contributed by atoms with Crippen LogP contribution in [-0.2, 0) is 17.6 Å². The molecule has 0 saturated heterocycles. The molecule has 0 saturated carbocycles. The Morgan fingerprint density at radius 1 is 1.19 bits per heavy atom. The molecule has 0 aromatic heterocycles. The number of carbonyl (C=O) groups is 1. The predicted molar refractivity (Wildman–Crippen MR) is 76.5 cm³/mol. The maximum absolute atomic E-state index is 14.0. The molecule has 21 heavy (non-hydrogen) atoms. The van der Waals surface area contributed by atoms with Crippen LogP contribution in [0.2, 0.25) is 0 Å². The summed E-state index contributed by atoms with van der Waals surface area (Å²) in [5.74, 6) is -2.52. The first-order valence-corrected chi connectivity index (χ1v) is 6.90. The summed E-state index contributed by atoms with van der Waals surface area (Å²) in [5.41, 5.74) is 1.52. The summed E-state index contributed by atoms with van der Waals surface area (Å²) in [7, 11) is 0. The second-order valence-corrected chi connectivity index (χ2v) is 4.63. The monoisotopic (exact) mass is 298 g/mol. The third kappa shape index (κ3) is 4.28. The van der Waals surface area contributed by atoms with Crippen molar-refractivity contribution in [2.75, 3.05) is 6.61 Å². The highest BCUT2D eigenvalue weighted by Gasteiger charge is 2.21. The molecule has 0 N–H and O–H groups in total. The lowest BCUT2D eigenvalue weighted by atomic mass is 10.0. The number of ether oxygens (including phenoxy) is 2. The van der Waals surface area contributed by atoms with Gasteiger partial charge in [-0.05, 0) is 49.5 Å². The van der Waals surface area contributed by atoms with E-state index < -0.39 is 23.5 Å². The van der Waals surface area contributed by atoms with E-state index in [2.05, 4.69) is 0 Å². The first-order chi connectivity index (χ1) is 9.94. The number of rotatable bonds is 5. The van der Waals surface area contributed by atoms with Crippen molar-refractivity contribution < 1.29 is 23.0 Å². The van der Waals surface area contributed by atoms with E-state index in [9.17, 15) is 13.6 Å². The van der Waals surface area contributed by atoms with Crippen LogP contribution in [0.5, 0.6) is 5.75 Å². The fourth-order valence-corrected chi connectivity index (χ4v) is 1.72. The smallest absolute Gasteiger partial charge is 0.429 e. The summed E-state index contributed by atoms with van der Waals surface area (Å²) in [6.07, 6.45) is 1.51. The van der Waals surface area contributed by atoms with Crippen molar-refractivity contribution >= 4 is 6.16 Å². The van der Waals surface area contributed by atoms with Crippen molar-refractivity contribution in [3.05, 3.63) is 40.5 Å². The highest BCUT2D eigenvalue weighted by atomic mass is 19.2. The van der Waals surface area contributed by atoms with E-state index in [1.54, 1.807) is 33.8 Å². The van der Waals surface area contributed by atoms with Crippen molar-refractivity contribution in [1.82, 2.24) is 0 Å². The number of hydrogen-bond donors (Lipinski definition) is 0. The van der Waals surface area contributed by atoms with E-state index in [-0.39, 0.29) is 12.2 Å². The highest BCUT2D eigenvalue weighted by molar-refractivity contribution is 5.65. The minimum Gasteiger partial charge on any atom is -0.429 e. The van der Waals surface area contributed by atoms with Gasteiger partial charge in [-0.2, -0.15) is 4.39 Å². The first-order valence-electron chi connectivity index (χ1n) is 6.90. The SMILES string of the molecule is CC=C(C)COC(=O)Oc1c(CC)cc(CC)c(F)c1F. The van der Waals surface area contributed by atoms with E-state index in [1.165, 1.54) is 6.07 Å². The molecule has 1 rings (SSSR count). The molecule has 0 atom stereocenters. The molecule has 0 aliphatic rings. The summed E-state index contributed by atoms with van der Waals surface area (Å²) in [6.45, 7) is 7.13. The lowest BCUT2D eigenvalue weighted by Gasteiger charge is -2.13. The molecule has 0 unspecified atom stereocenters. The maximum atomic E-state index is 14.0.